The minimum atomic E-state index is -4.67. The third-order valence-corrected chi connectivity index (χ3v) is 2.34. The van der Waals surface area contributed by atoms with Crippen molar-refractivity contribution in [3.63, 3.8) is 0 Å². The summed E-state index contributed by atoms with van der Waals surface area (Å²) in [6.07, 6.45) is 3.60. The predicted molar refractivity (Wildman–Crippen MR) is 71.2 cm³/mol. The van der Waals surface area contributed by atoms with E-state index in [2.05, 4.69) is 34.2 Å². The molecule has 2 heterocycles. The number of pyridine rings is 2. The molecule has 0 radical (unpaired) electrons. The van der Waals surface area contributed by atoms with Crippen LogP contribution in [-0.4, -0.2) is 27.5 Å². The van der Waals surface area contributed by atoms with Gasteiger partial charge in [-0.3, -0.25) is 19.1 Å². The van der Waals surface area contributed by atoms with Crippen LogP contribution in [0, 0.1) is 0 Å². The van der Waals surface area contributed by atoms with E-state index in [1.54, 1.807) is 12.4 Å². The van der Waals surface area contributed by atoms with Gasteiger partial charge in [-0.1, -0.05) is 24.3 Å². The number of fused-ring (bicyclic) bond motifs is 3. The largest absolute Gasteiger partial charge is 0.394 e. The van der Waals surface area contributed by atoms with Crippen LogP contribution < -0.4 is 0 Å². The van der Waals surface area contributed by atoms with Crippen LogP contribution in [0.2, 0.25) is 0 Å². The van der Waals surface area contributed by atoms with Gasteiger partial charge in [0.05, 0.1) is 11.0 Å². The second-order valence-corrected chi connectivity index (χ2v) is 4.56. The van der Waals surface area contributed by atoms with E-state index in [1.807, 2.05) is 12.1 Å². The van der Waals surface area contributed by atoms with E-state index in [9.17, 15) is 0 Å². The van der Waals surface area contributed by atoms with E-state index in [-0.39, 0.29) is 0 Å². The number of hydrogen-bond acceptors (Lipinski definition) is 4. The summed E-state index contributed by atoms with van der Waals surface area (Å²) in [5, 5.41) is 2.28. The molecule has 0 atom stereocenters. The Morgan fingerprint density at radius 3 is 1.53 bits per heavy atom. The van der Waals surface area contributed by atoms with Crippen LogP contribution in [0.5, 0.6) is 0 Å². The quantitative estimate of drug-likeness (QED) is 0.482. The summed E-state index contributed by atoms with van der Waals surface area (Å²) in [6, 6.07) is 12.1. The van der Waals surface area contributed by atoms with Crippen LogP contribution in [0.3, 0.4) is 0 Å². The summed E-state index contributed by atoms with van der Waals surface area (Å²) < 4.78 is 31.6. The van der Waals surface area contributed by atoms with Crippen molar-refractivity contribution in [3.05, 3.63) is 48.8 Å². The van der Waals surface area contributed by atoms with Crippen LogP contribution >= 0.6 is 0 Å². The Morgan fingerprint density at radius 1 is 0.789 bits per heavy atom. The maximum Gasteiger partial charge on any atom is 0.394 e. The van der Waals surface area contributed by atoms with Crippen LogP contribution in [0.4, 0.5) is 0 Å². The zero-order valence-electron chi connectivity index (χ0n) is 9.63. The zero-order chi connectivity index (χ0) is 13.9. The number of aromatic nitrogens is 2. The first-order chi connectivity index (χ1) is 8.95. The summed E-state index contributed by atoms with van der Waals surface area (Å²) >= 11 is 0. The summed E-state index contributed by atoms with van der Waals surface area (Å²) in [5.74, 6) is 0. The molecule has 0 bridgehead atoms. The third kappa shape index (κ3) is 3.68. The molecule has 3 rings (SSSR count). The number of rotatable bonds is 0. The Morgan fingerprint density at radius 2 is 1.16 bits per heavy atom. The molecule has 19 heavy (non-hydrogen) atoms. The molecular formula is C12H10N2O4S. The van der Waals surface area contributed by atoms with Gasteiger partial charge < -0.3 is 0 Å². The second-order valence-electron chi connectivity index (χ2n) is 3.66. The number of benzene rings is 1. The third-order valence-electron chi connectivity index (χ3n) is 2.34. The van der Waals surface area contributed by atoms with Gasteiger partial charge in [0.1, 0.15) is 0 Å². The highest BCUT2D eigenvalue weighted by molar-refractivity contribution is 7.79. The molecule has 0 unspecified atom stereocenters. The first-order valence-corrected chi connectivity index (χ1v) is 6.63. The average Bonchev–Trinajstić information content (AvgIpc) is 2.37. The van der Waals surface area contributed by atoms with Crippen LogP contribution in [0.1, 0.15) is 0 Å². The van der Waals surface area contributed by atoms with E-state index >= 15 is 0 Å². The zero-order valence-corrected chi connectivity index (χ0v) is 10.4. The van der Waals surface area contributed by atoms with Gasteiger partial charge in [-0.25, -0.2) is 0 Å². The minimum absolute atomic E-state index is 0.977. The van der Waals surface area contributed by atoms with E-state index < -0.39 is 10.4 Å². The summed E-state index contributed by atoms with van der Waals surface area (Å²) in [5.41, 5.74) is 1.95. The van der Waals surface area contributed by atoms with Crippen molar-refractivity contribution < 1.29 is 17.5 Å². The van der Waals surface area contributed by atoms with Crippen molar-refractivity contribution in [1.29, 1.82) is 0 Å². The van der Waals surface area contributed by atoms with E-state index in [0.29, 0.717) is 0 Å². The van der Waals surface area contributed by atoms with Crippen molar-refractivity contribution in [3.8, 4) is 0 Å². The molecule has 0 amide bonds. The molecule has 0 aliphatic carbocycles. The predicted octanol–water partition coefficient (Wildman–Crippen LogP) is 2.13. The molecule has 0 saturated heterocycles. The van der Waals surface area contributed by atoms with Gasteiger partial charge in [-0.2, -0.15) is 8.42 Å². The van der Waals surface area contributed by atoms with Gasteiger partial charge in [0.2, 0.25) is 0 Å². The highest BCUT2D eigenvalue weighted by atomic mass is 32.3. The van der Waals surface area contributed by atoms with Crippen molar-refractivity contribution in [2.24, 2.45) is 0 Å². The fourth-order valence-corrected chi connectivity index (χ4v) is 1.68. The van der Waals surface area contributed by atoms with Crippen molar-refractivity contribution >= 4 is 32.2 Å². The monoisotopic (exact) mass is 278 g/mol. The lowest BCUT2D eigenvalue weighted by Gasteiger charge is -2.00. The molecule has 6 nitrogen and oxygen atoms in total. The summed E-state index contributed by atoms with van der Waals surface area (Å²) in [7, 11) is -4.67. The maximum absolute atomic E-state index is 8.74. The van der Waals surface area contributed by atoms with Gasteiger partial charge in [-0.15, -0.1) is 0 Å². The second kappa shape index (κ2) is 5.27. The molecule has 0 fully saturated rings. The van der Waals surface area contributed by atoms with Gasteiger partial charge in [0, 0.05) is 23.2 Å². The normalized spacial score (nSPS) is 11.1. The van der Waals surface area contributed by atoms with Crippen LogP contribution in [0.25, 0.3) is 21.8 Å². The summed E-state index contributed by atoms with van der Waals surface area (Å²) in [4.78, 5) is 8.69. The smallest absolute Gasteiger partial charge is 0.264 e. The molecule has 1 aromatic carbocycles. The van der Waals surface area contributed by atoms with Crippen LogP contribution in [-0.2, 0) is 10.4 Å². The Balaban J connectivity index is 0.000000232. The van der Waals surface area contributed by atoms with E-state index in [0.717, 1.165) is 21.8 Å². The fourth-order valence-electron chi connectivity index (χ4n) is 1.68. The molecule has 7 heteroatoms. The molecule has 0 aliphatic heterocycles. The maximum atomic E-state index is 8.74. The molecule has 98 valence electrons. The first kappa shape index (κ1) is 13.3. The van der Waals surface area contributed by atoms with Gasteiger partial charge in [0.15, 0.2) is 0 Å². The minimum Gasteiger partial charge on any atom is -0.264 e. The molecule has 0 spiro atoms. The van der Waals surface area contributed by atoms with Crippen LogP contribution in [0.15, 0.2) is 48.8 Å². The molecule has 0 saturated carbocycles. The molecule has 2 aromatic heterocycles. The topological polar surface area (TPSA) is 100 Å². The summed E-state index contributed by atoms with van der Waals surface area (Å²) in [6.45, 7) is 0. The Kier molecular flexibility index (Phi) is 3.70. The van der Waals surface area contributed by atoms with Gasteiger partial charge >= 0.3 is 10.4 Å². The average molecular weight is 278 g/mol. The Bertz CT molecular complexity index is 755. The highest BCUT2D eigenvalue weighted by Crippen LogP contribution is 2.20. The number of nitrogens with zero attached hydrogens (tertiary/aromatic N) is 2. The standard InChI is InChI=1S/C12H8N2.H2O4S/c1-3-9-5-6-10-4-2-8-14-12(10)11(9)13-7-1;1-5(2,3)4/h1-8H;(H2,1,2,3,4). The fraction of sp³-hybridized carbons (Fsp3) is 0. The lowest BCUT2D eigenvalue weighted by Crippen LogP contribution is -1.89. The van der Waals surface area contributed by atoms with Gasteiger partial charge in [0.25, 0.3) is 0 Å². The molecule has 3 aromatic rings. The van der Waals surface area contributed by atoms with Crippen molar-refractivity contribution in [2.45, 2.75) is 0 Å². The molecule has 0 aliphatic rings. The molecule has 2 N–H and O–H groups in total. The highest BCUT2D eigenvalue weighted by Gasteiger charge is 2.00. The van der Waals surface area contributed by atoms with Crippen molar-refractivity contribution in [2.75, 3.05) is 0 Å². The lowest BCUT2D eigenvalue weighted by molar-refractivity contribution is 0.381. The molecular weight excluding hydrogens is 268 g/mol. The Labute approximate surface area is 109 Å². The number of hydrogen-bond donors (Lipinski definition) is 2. The SMILES string of the molecule is O=S(=O)(O)O.c1cnc2c(c1)ccc1cccnc12. The van der Waals surface area contributed by atoms with E-state index in [1.165, 1.54) is 0 Å². The van der Waals surface area contributed by atoms with Gasteiger partial charge in [-0.05, 0) is 12.1 Å². The Hall–Kier alpha value is -2.09. The first-order valence-electron chi connectivity index (χ1n) is 5.23. The van der Waals surface area contributed by atoms with E-state index in [4.69, 9.17) is 17.5 Å². The lowest BCUT2D eigenvalue weighted by atomic mass is 10.1. The van der Waals surface area contributed by atoms with Crippen molar-refractivity contribution in [1.82, 2.24) is 9.97 Å².